The molecule has 1 nitrogen and oxygen atoms in total. The van der Waals surface area contributed by atoms with Crippen molar-refractivity contribution in [3.63, 3.8) is 0 Å². The van der Waals surface area contributed by atoms with Crippen molar-refractivity contribution in [1.82, 2.24) is 4.90 Å². The van der Waals surface area contributed by atoms with Gasteiger partial charge in [-0.05, 0) is 14.1 Å². The van der Waals surface area contributed by atoms with Crippen LogP contribution < -0.4 is 0 Å². The van der Waals surface area contributed by atoms with E-state index >= 15 is 0 Å². The highest BCUT2D eigenvalue weighted by atomic mass is 127. The van der Waals surface area contributed by atoms with Gasteiger partial charge in [0.1, 0.15) is 0 Å². The zero-order valence-electron chi connectivity index (χ0n) is 4.69. The summed E-state index contributed by atoms with van der Waals surface area (Å²) in [5.74, 6) is 0. The van der Waals surface area contributed by atoms with Gasteiger partial charge in [0.2, 0.25) is 0 Å². The minimum absolute atomic E-state index is 0.470. The van der Waals surface area contributed by atoms with Crippen LogP contribution in [0, 0.1) is 0 Å². The third-order valence-electron chi connectivity index (χ3n) is 0.688. The van der Waals surface area contributed by atoms with Gasteiger partial charge in [0.15, 0.2) is 0 Å². The fourth-order valence-electron chi connectivity index (χ4n) is 0.211. The van der Waals surface area contributed by atoms with E-state index in [1.165, 1.54) is 0 Å². The number of halogens is 1. The Morgan fingerprint density at radius 1 is 1.71 bits per heavy atom. The van der Waals surface area contributed by atoms with E-state index in [0.29, 0.717) is 4.05 Å². The minimum Gasteiger partial charge on any atom is -0.295 e. The minimum atomic E-state index is 0.470. The third-order valence-corrected chi connectivity index (χ3v) is 2.31. The molecule has 0 aromatic rings. The van der Waals surface area contributed by atoms with Crippen LogP contribution in [-0.4, -0.2) is 23.0 Å². The molecule has 0 aliphatic rings. The Kier molecular flexibility index (Phi) is 3.65. The van der Waals surface area contributed by atoms with Gasteiger partial charge in [-0.15, -0.1) is 6.58 Å². The Balaban J connectivity index is 3.33. The van der Waals surface area contributed by atoms with Gasteiger partial charge in [0.05, 0.1) is 4.05 Å². The standard InChI is InChI=1S/C5H10IN/c1-4-5(6)7(2)3/h4-5H,1H2,2-3H3. The van der Waals surface area contributed by atoms with E-state index in [2.05, 4.69) is 34.1 Å². The molecule has 42 valence electrons. The first-order valence-electron chi connectivity index (χ1n) is 2.11. The second-order valence-corrected chi connectivity index (χ2v) is 2.85. The van der Waals surface area contributed by atoms with Crippen molar-refractivity contribution in [1.29, 1.82) is 0 Å². The van der Waals surface area contributed by atoms with Gasteiger partial charge < -0.3 is 0 Å². The second kappa shape index (κ2) is 3.43. The molecule has 0 rings (SSSR count). The average molecular weight is 211 g/mol. The van der Waals surface area contributed by atoms with Gasteiger partial charge in [-0.1, -0.05) is 28.7 Å². The van der Waals surface area contributed by atoms with Crippen molar-refractivity contribution < 1.29 is 0 Å². The van der Waals surface area contributed by atoms with Gasteiger partial charge in [-0.2, -0.15) is 0 Å². The highest BCUT2D eigenvalue weighted by Crippen LogP contribution is 2.02. The molecule has 0 spiro atoms. The van der Waals surface area contributed by atoms with Crippen LogP contribution in [0.2, 0.25) is 0 Å². The molecule has 0 fully saturated rings. The molecular formula is C5H10IN. The van der Waals surface area contributed by atoms with E-state index in [9.17, 15) is 0 Å². The number of rotatable bonds is 2. The van der Waals surface area contributed by atoms with Gasteiger partial charge in [0.25, 0.3) is 0 Å². The van der Waals surface area contributed by atoms with E-state index in [4.69, 9.17) is 0 Å². The zero-order chi connectivity index (χ0) is 5.86. The molecule has 2 heteroatoms. The van der Waals surface area contributed by atoms with Crippen molar-refractivity contribution >= 4 is 22.6 Å². The van der Waals surface area contributed by atoms with Gasteiger partial charge in [-0.25, -0.2) is 0 Å². The SMILES string of the molecule is C=CC(I)N(C)C. The molecule has 0 aromatic carbocycles. The van der Waals surface area contributed by atoms with E-state index in [0.717, 1.165) is 0 Å². The molecule has 1 atom stereocenters. The largest absolute Gasteiger partial charge is 0.295 e. The van der Waals surface area contributed by atoms with E-state index in [1.54, 1.807) is 0 Å². The maximum atomic E-state index is 3.63. The lowest BCUT2D eigenvalue weighted by molar-refractivity contribution is 0.441. The van der Waals surface area contributed by atoms with Gasteiger partial charge in [-0.3, -0.25) is 4.90 Å². The number of alkyl halides is 1. The summed E-state index contributed by atoms with van der Waals surface area (Å²) < 4.78 is 0.470. The Morgan fingerprint density at radius 3 is 2.14 bits per heavy atom. The van der Waals surface area contributed by atoms with Gasteiger partial charge in [0, 0.05) is 0 Å². The van der Waals surface area contributed by atoms with Crippen LogP contribution >= 0.6 is 22.6 Å². The van der Waals surface area contributed by atoms with Crippen molar-refractivity contribution in [2.75, 3.05) is 14.1 Å². The number of nitrogens with zero attached hydrogens (tertiary/aromatic N) is 1. The van der Waals surface area contributed by atoms with Crippen molar-refractivity contribution in [2.24, 2.45) is 0 Å². The van der Waals surface area contributed by atoms with Crippen LogP contribution in [0.15, 0.2) is 12.7 Å². The summed E-state index contributed by atoms with van der Waals surface area (Å²) in [5.41, 5.74) is 0. The predicted octanol–water partition coefficient (Wildman–Crippen LogP) is 1.50. The fraction of sp³-hybridized carbons (Fsp3) is 0.600. The van der Waals surface area contributed by atoms with Crippen molar-refractivity contribution in [3.05, 3.63) is 12.7 Å². The second-order valence-electron chi connectivity index (χ2n) is 1.57. The highest BCUT2D eigenvalue weighted by Gasteiger charge is 1.96. The van der Waals surface area contributed by atoms with Crippen molar-refractivity contribution in [3.8, 4) is 0 Å². The molecule has 7 heavy (non-hydrogen) atoms. The molecule has 0 bridgehead atoms. The zero-order valence-corrected chi connectivity index (χ0v) is 6.84. The Hall–Kier alpha value is 0.430. The summed E-state index contributed by atoms with van der Waals surface area (Å²) >= 11 is 2.30. The molecule has 0 amide bonds. The summed E-state index contributed by atoms with van der Waals surface area (Å²) in [6.45, 7) is 3.63. The van der Waals surface area contributed by atoms with Crippen molar-refractivity contribution in [2.45, 2.75) is 4.05 Å². The molecule has 0 N–H and O–H groups in total. The first-order chi connectivity index (χ1) is 3.18. The molecule has 1 unspecified atom stereocenters. The Labute approximate surface area is 58.5 Å². The lowest BCUT2D eigenvalue weighted by Gasteiger charge is -2.11. The summed E-state index contributed by atoms with van der Waals surface area (Å²) in [7, 11) is 4.05. The van der Waals surface area contributed by atoms with Crippen LogP contribution in [-0.2, 0) is 0 Å². The summed E-state index contributed by atoms with van der Waals surface area (Å²) in [6.07, 6.45) is 1.90. The average Bonchev–Trinajstić information content (AvgIpc) is 1.65. The molecule has 0 radical (unpaired) electrons. The topological polar surface area (TPSA) is 3.24 Å². The first-order valence-corrected chi connectivity index (χ1v) is 3.36. The molecular weight excluding hydrogens is 201 g/mol. The lowest BCUT2D eigenvalue weighted by atomic mass is 10.6. The smallest absolute Gasteiger partial charge is 0.0796 e. The van der Waals surface area contributed by atoms with E-state index in [1.807, 2.05) is 20.2 Å². The van der Waals surface area contributed by atoms with E-state index in [-0.39, 0.29) is 0 Å². The van der Waals surface area contributed by atoms with Gasteiger partial charge >= 0.3 is 0 Å². The molecule has 0 aromatic heterocycles. The predicted molar refractivity (Wildman–Crippen MR) is 41.7 cm³/mol. The summed E-state index contributed by atoms with van der Waals surface area (Å²) in [5, 5.41) is 0. The maximum Gasteiger partial charge on any atom is 0.0796 e. The van der Waals surface area contributed by atoms with Crippen LogP contribution in [0.4, 0.5) is 0 Å². The third kappa shape index (κ3) is 3.05. The van der Waals surface area contributed by atoms with Crippen LogP contribution in [0.25, 0.3) is 0 Å². The normalized spacial score (nSPS) is 14.3. The number of hydrogen-bond acceptors (Lipinski definition) is 1. The quantitative estimate of drug-likeness (QED) is 0.289. The van der Waals surface area contributed by atoms with Crippen LogP contribution in [0.5, 0.6) is 0 Å². The highest BCUT2D eigenvalue weighted by molar-refractivity contribution is 14.1. The van der Waals surface area contributed by atoms with Crippen LogP contribution in [0.1, 0.15) is 0 Å². The fourth-order valence-corrected chi connectivity index (χ4v) is 0.211. The van der Waals surface area contributed by atoms with Crippen LogP contribution in [0.3, 0.4) is 0 Å². The molecule has 0 aliphatic carbocycles. The Bertz CT molecular complexity index is 61.1. The summed E-state index contributed by atoms with van der Waals surface area (Å²) in [6, 6.07) is 0. The molecule has 0 saturated heterocycles. The number of likely N-dealkylation sites (N-methyl/N-ethyl adjacent to an activating group) is 1. The summed E-state index contributed by atoms with van der Waals surface area (Å²) in [4.78, 5) is 2.09. The first kappa shape index (κ1) is 7.43. The monoisotopic (exact) mass is 211 g/mol. The van der Waals surface area contributed by atoms with E-state index < -0.39 is 0 Å². The number of hydrogen-bond donors (Lipinski definition) is 0. The molecule has 0 saturated carbocycles. The molecule has 0 heterocycles. The Morgan fingerprint density at radius 2 is 2.14 bits per heavy atom. The maximum absolute atomic E-state index is 3.63. The molecule has 0 aliphatic heterocycles. The lowest BCUT2D eigenvalue weighted by Crippen LogP contribution is -2.18.